The average Bonchev–Trinajstić information content (AvgIpc) is 2.48. The van der Waals surface area contributed by atoms with Crippen molar-refractivity contribution < 1.29 is 9.53 Å². The molecule has 0 radical (unpaired) electrons. The highest BCUT2D eigenvalue weighted by Crippen LogP contribution is 2.15. The maximum absolute atomic E-state index is 12.5. The summed E-state index contributed by atoms with van der Waals surface area (Å²) >= 11 is 3.40. The summed E-state index contributed by atoms with van der Waals surface area (Å²) in [5, 5.41) is 0. The van der Waals surface area contributed by atoms with Crippen LogP contribution in [0, 0.1) is 0 Å². The molecule has 0 aromatic heterocycles. The number of benzene rings is 2. The van der Waals surface area contributed by atoms with E-state index in [1.54, 1.807) is 0 Å². The van der Waals surface area contributed by atoms with Gasteiger partial charge in [-0.05, 0) is 38.5 Å². The Morgan fingerprint density at radius 3 is 2.22 bits per heavy atom. The van der Waals surface area contributed by atoms with Crippen LogP contribution in [-0.4, -0.2) is 17.3 Å². The molecule has 0 bridgehead atoms. The van der Waals surface area contributed by atoms with E-state index in [1.165, 1.54) is 0 Å². The molecule has 0 unspecified atom stereocenters. The molecule has 0 aliphatic heterocycles. The quantitative estimate of drug-likeness (QED) is 0.571. The minimum Gasteiger partial charge on any atom is -0.455 e. The maximum atomic E-state index is 12.5. The van der Waals surface area contributed by atoms with Gasteiger partial charge in [0.2, 0.25) is 0 Å². The average molecular weight is 374 g/mol. The molecule has 2 aromatic rings. The lowest BCUT2D eigenvalue weighted by Crippen LogP contribution is -2.29. The molecule has 3 nitrogen and oxygen atoms in total. The molecule has 0 fully saturated rings. The van der Waals surface area contributed by atoms with E-state index in [4.69, 9.17) is 4.74 Å². The molecule has 0 spiro atoms. The Balaban J connectivity index is 2.30. The van der Waals surface area contributed by atoms with Gasteiger partial charge in [0.25, 0.3) is 0 Å². The Hall–Kier alpha value is -1.94. The van der Waals surface area contributed by atoms with Gasteiger partial charge in [-0.15, -0.1) is 0 Å². The Labute approximate surface area is 145 Å². The second kappa shape index (κ2) is 7.55. The van der Waals surface area contributed by atoms with Gasteiger partial charge in [-0.25, -0.2) is 4.79 Å². The first-order valence-electron chi connectivity index (χ1n) is 7.43. The van der Waals surface area contributed by atoms with Gasteiger partial charge in [-0.2, -0.15) is 0 Å². The van der Waals surface area contributed by atoms with Crippen LogP contribution in [0.25, 0.3) is 0 Å². The third kappa shape index (κ3) is 5.64. The summed E-state index contributed by atoms with van der Waals surface area (Å²) < 4.78 is 6.44. The van der Waals surface area contributed by atoms with Crippen LogP contribution in [0.15, 0.2) is 64.1 Å². The van der Waals surface area contributed by atoms with E-state index >= 15 is 0 Å². The van der Waals surface area contributed by atoms with Crippen LogP contribution in [0.1, 0.15) is 31.9 Å². The summed E-state index contributed by atoms with van der Waals surface area (Å²) in [4.78, 5) is 17.0. The summed E-state index contributed by atoms with van der Waals surface area (Å²) in [5.41, 5.74) is 1.58. The first kappa shape index (κ1) is 17.4. The Kier molecular flexibility index (Phi) is 5.72. The number of nitrogens with zero attached hydrogens (tertiary/aromatic N) is 1. The van der Waals surface area contributed by atoms with E-state index < -0.39 is 11.6 Å². The molecule has 0 N–H and O–H groups in total. The van der Waals surface area contributed by atoms with Gasteiger partial charge >= 0.3 is 5.97 Å². The lowest BCUT2D eigenvalue weighted by Gasteiger charge is -2.20. The second-order valence-corrected chi connectivity index (χ2v) is 7.07. The zero-order valence-electron chi connectivity index (χ0n) is 13.5. The van der Waals surface area contributed by atoms with Gasteiger partial charge in [0.15, 0.2) is 5.71 Å². The molecule has 0 amide bonds. The predicted molar refractivity (Wildman–Crippen MR) is 96.7 cm³/mol. The molecule has 4 heteroatoms. The summed E-state index contributed by atoms with van der Waals surface area (Å²) in [6, 6.07) is 17.3. The summed E-state index contributed by atoms with van der Waals surface area (Å²) in [6.45, 7) is 5.98. The molecular weight excluding hydrogens is 354 g/mol. The number of ether oxygens (including phenoxy) is 1. The fourth-order valence-corrected chi connectivity index (χ4v) is 2.23. The van der Waals surface area contributed by atoms with E-state index in [9.17, 15) is 4.79 Å². The number of hydrogen-bond donors (Lipinski definition) is 0. The van der Waals surface area contributed by atoms with Gasteiger partial charge in [0, 0.05) is 10.0 Å². The molecular formula is C19H20BrNO2. The molecule has 0 aliphatic rings. The third-order valence-corrected chi connectivity index (χ3v) is 3.50. The monoisotopic (exact) mass is 373 g/mol. The van der Waals surface area contributed by atoms with Crippen molar-refractivity contribution in [2.24, 2.45) is 4.99 Å². The predicted octanol–water partition coefficient (Wildman–Crippen LogP) is 4.78. The van der Waals surface area contributed by atoms with Crippen molar-refractivity contribution in [2.75, 3.05) is 0 Å². The number of halogens is 1. The smallest absolute Gasteiger partial charge is 0.357 e. The maximum Gasteiger partial charge on any atom is 0.357 e. The van der Waals surface area contributed by atoms with E-state index in [0.29, 0.717) is 12.3 Å². The molecule has 0 saturated heterocycles. The zero-order chi connectivity index (χ0) is 16.9. The zero-order valence-corrected chi connectivity index (χ0v) is 15.1. The molecule has 2 aromatic carbocycles. The number of carbonyl (C=O) groups excluding carboxylic acids is 1. The van der Waals surface area contributed by atoms with Crippen LogP contribution in [0.4, 0.5) is 0 Å². The first-order chi connectivity index (χ1) is 10.8. The van der Waals surface area contributed by atoms with Gasteiger partial charge < -0.3 is 4.74 Å². The van der Waals surface area contributed by atoms with Crippen LogP contribution in [0.3, 0.4) is 0 Å². The normalized spacial score (nSPS) is 12.1. The highest BCUT2D eigenvalue weighted by molar-refractivity contribution is 9.10. The van der Waals surface area contributed by atoms with E-state index in [0.717, 1.165) is 15.6 Å². The highest BCUT2D eigenvalue weighted by Gasteiger charge is 2.22. The largest absolute Gasteiger partial charge is 0.455 e. The minimum absolute atomic E-state index is 0.344. The summed E-state index contributed by atoms with van der Waals surface area (Å²) in [5.74, 6) is -0.407. The summed E-state index contributed by atoms with van der Waals surface area (Å²) in [7, 11) is 0. The van der Waals surface area contributed by atoms with Crippen molar-refractivity contribution in [1.29, 1.82) is 0 Å². The standard InChI is InChI=1S/C19H20BrNO2/c1-19(2,3)23-18(22)17(15-9-11-16(20)12-10-15)21-13-14-7-5-4-6-8-14/h4-12H,13H2,1-3H3. The first-order valence-corrected chi connectivity index (χ1v) is 8.22. The fraction of sp³-hybridized carbons (Fsp3) is 0.263. The van der Waals surface area contributed by atoms with Gasteiger partial charge in [0.1, 0.15) is 5.60 Å². The van der Waals surface area contributed by atoms with Crippen molar-refractivity contribution in [3.05, 3.63) is 70.2 Å². The van der Waals surface area contributed by atoms with Crippen molar-refractivity contribution in [3.63, 3.8) is 0 Å². The van der Waals surface area contributed by atoms with Gasteiger partial charge in [-0.1, -0.05) is 58.4 Å². The second-order valence-electron chi connectivity index (χ2n) is 6.16. The highest BCUT2D eigenvalue weighted by atomic mass is 79.9. The molecule has 0 saturated carbocycles. The van der Waals surface area contributed by atoms with Crippen molar-refractivity contribution >= 4 is 27.6 Å². The minimum atomic E-state index is -0.556. The van der Waals surface area contributed by atoms with Crippen LogP contribution in [-0.2, 0) is 16.1 Å². The van der Waals surface area contributed by atoms with Crippen LogP contribution in [0.2, 0.25) is 0 Å². The molecule has 0 heterocycles. The Morgan fingerprint density at radius 1 is 1.04 bits per heavy atom. The number of hydrogen-bond acceptors (Lipinski definition) is 3. The van der Waals surface area contributed by atoms with Crippen LogP contribution in [0.5, 0.6) is 0 Å². The van der Waals surface area contributed by atoms with Crippen molar-refractivity contribution in [1.82, 2.24) is 0 Å². The number of rotatable bonds is 4. The van der Waals surface area contributed by atoms with Crippen molar-refractivity contribution in [3.8, 4) is 0 Å². The topological polar surface area (TPSA) is 38.7 Å². The van der Waals surface area contributed by atoms with Gasteiger partial charge in [0.05, 0.1) is 6.54 Å². The van der Waals surface area contributed by atoms with Crippen LogP contribution < -0.4 is 0 Å². The van der Waals surface area contributed by atoms with Crippen LogP contribution >= 0.6 is 15.9 Å². The van der Waals surface area contributed by atoms with E-state index in [2.05, 4.69) is 20.9 Å². The molecule has 0 atom stereocenters. The lowest BCUT2D eigenvalue weighted by atomic mass is 10.1. The molecule has 0 aliphatic carbocycles. The van der Waals surface area contributed by atoms with Crippen molar-refractivity contribution in [2.45, 2.75) is 32.9 Å². The summed E-state index contributed by atoms with van der Waals surface area (Å²) in [6.07, 6.45) is 0. The number of carbonyl (C=O) groups is 1. The number of esters is 1. The Bertz CT molecular complexity index is 686. The third-order valence-electron chi connectivity index (χ3n) is 2.97. The fourth-order valence-electron chi connectivity index (χ4n) is 1.96. The Morgan fingerprint density at radius 2 is 1.65 bits per heavy atom. The SMILES string of the molecule is CC(C)(C)OC(=O)C(=NCc1ccccc1)c1ccc(Br)cc1. The van der Waals surface area contributed by atoms with E-state index in [1.807, 2.05) is 75.4 Å². The molecule has 120 valence electrons. The van der Waals surface area contributed by atoms with E-state index in [-0.39, 0.29) is 0 Å². The lowest BCUT2D eigenvalue weighted by molar-refractivity contribution is -0.146. The van der Waals surface area contributed by atoms with Gasteiger partial charge in [-0.3, -0.25) is 4.99 Å². The number of aliphatic imine (C=N–C) groups is 1. The molecule has 23 heavy (non-hydrogen) atoms. The molecule has 2 rings (SSSR count).